The van der Waals surface area contributed by atoms with Crippen molar-refractivity contribution in [3.63, 3.8) is 0 Å². The van der Waals surface area contributed by atoms with Crippen molar-refractivity contribution in [1.29, 1.82) is 0 Å². The highest BCUT2D eigenvalue weighted by Crippen LogP contribution is 2.36. The average molecular weight is 969 g/mol. The molecule has 10 rings (SSSR count). The van der Waals surface area contributed by atoms with Crippen molar-refractivity contribution in [3.8, 4) is 22.5 Å². The summed E-state index contributed by atoms with van der Waals surface area (Å²) >= 11 is 23.9. The van der Waals surface area contributed by atoms with Crippen LogP contribution in [0.1, 0.15) is 55.4 Å². The van der Waals surface area contributed by atoms with Gasteiger partial charge in [0.2, 0.25) is 11.6 Å². The second-order valence-electron chi connectivity index (χ2n) is 14.9. The third-order valence-electron chi connectivity index (χ3n) is 10.8. The van der Waals surface area contributed by atoms with Gasteiger partial charge in [-0.3, -0.25) is 9.59 Å². The summed E-state index contributed by atoms with van der Waals surface area (Å²) in [5.74, 6) is -2.23. The fraction of sp³-hybridized carbons (Fsp3) is 0.174. The smallest absolute Gasteiger partial charge is 0.214 e. The van der Waals surface area contributed by atoms with E-state index < -0.39 is 23.2 Å². The van der Waals surface area contributed by atoms with Crippen molar-refractivity contribution in [1.82, 2.24) is 51.0 Å². The van der Waals surface area contributed by atoms with Gasteiger partial charge >= 0.3 is 0 Å². The standard InChI is InChI=1S/2C23H16Cl2FN5O2/c2*24-16-9-17(26)15(8-14(16)23(32)18-3-4-21(25)31-30-18)22-13-2-1-12(7-19(13)28-11-29-22)20-10-27-5-6-33-20/h2*1-4,7-9,11,20,27H,5-6,10H2. The van der Waals surface area contributed by atoms with Gasteiger partial charge in [0, 0.05) is 59.2 Å². The lowest BCUT2D eigenvalue weighted by atomic mass is 9.98. The number of fused-ring (bicyclic) bond motifs is 2. The Kier molecular flexibility index (Phi) is 13.5. The number of nitrogens with one attached hydrogen (secondary N) is 2. The molecule has 2 N–H and O–H groups in total. The van der Waals surface area contributed by atoms with Crippen LogP contribution in [-0.4, -0.2) is 91.3 Å². The summed E-state index contributed by atoms with van der Waals surface area (Å²) in [7, 11) is 0. The Morgan fingerprint density at radius 3 is 1.36 bits per heavy atom. The minimum atomic E-state index is -0.609. The van der Waals surface area contributed by atoms with E-state index >= 15 is 8.78 Å². The second-order valence-corrected chi connectivity index (χ2v) is 16.5. The van der Waals surface area contributed by atoms with Gasteiger partial charge in [-0.25, -0.2) is 28.7 Å². The van der Waals surface area contributed by atoms with Gasteiger partial charge < -0.3 is 20.1 Å². The second kappa shape index (κ2) is 19.8. The SMILES string of the molecule is O=C(c1ccc(Cl)nn1)c1cc(-c2ncnc3cc(C4CNCCO4)ccc23)c(F)cc1Cl.O=C(c1ccc(Cl)nn1)c1cc(-c2ncnc3cc(C4CNCCO4)ccc23)c(F)cc1Cl. The fourth-order valence-electron chi connectivity index (χ4n) is 7.50. The van der Waals surface area contributed by atoms with E-state index in [0.29, 0.717) is 59.5 Å². The number of rotatable bonds is 8. The molecule has 2 saturated heterocycles. The summed E-state index contributed by atoms with van der Waals surface area (Å²) in [6.07, 6.45) is 2.56. The number of benzene rings is 4. The van der Waals surface area contributed by atoms with Crippen LogP contribution >= 0.6 is 46.4 Å². The van der Waals surface area contributed by atoms with Crippen molar-refractivity contribution in [2.75, 3.05) is 39.4 Å². The summed E-state index contributed by atoms with van der Waals surface area (Å²) in [6.45, 7) is 4.29. The predicted molar refractivity (Wildman–Crippen MR) is 244 cm³/mol. The van der Waals surface area contributed by atoms with Crippen LogP contribution in [0.5, 0.6) is 0 Å². The van der Waals surface area contributed by atoms with E-state index in [1.54, 1.807) is 0 Å². The van der Waals surface area contributed by atoms with E-state index in [2.05, 4.69) is 51.0 Å². The van der Waals surface area contributed by atoms with Gasteiger partial charge in [0.15, 0.2) is 10.3 Å². The molecule has 6 heterocycles. The van der Waals surface area contributed by atoms with E-state index in [-0.39, 0.29) is 66.2 Å². The lowest BCUT2D eigenvalue weighted by Crippen LogP contribution is -2.33. The summed E-state index contributed by atoms with van der Waals surface area (Å²) in [5.41, 5.74) is 4.38. The van der Waals surface area contributed by atoms with E-state index in [9.17, 15) is 9.59 Å². The quantitative estimate of drug-likeness (QED) is 0.138. The Hall–Kier alpha value is -6.08. The summed E-state index contributed by atoms with van der Waals surface area (Å²) in [6, 6.07) is 22.0. The number of carbonyl (C=O) groups is 2. The molecule has 0 amide bonds. The minimum absolute atomic E-state index is 0.0390. The van der Waals surface area contributed by atoms with Crippen LogP contribution in [0, 0.1) is 11.6 Å². The molecule has 2 atom stereocenters. The topological polar surface area (TPSA) is 180 Å². The third-order valence-corrected chi connectivity index (χ3v) is 11.8. The first-order valence-electron chi connectivity index (χ1n) is 20.2. The zero-order chi connectivity index (χ0) is 45.9. The number of aromatic nitrogens is 8. The molecule has 2 aliphatic rings. The van der Waals surface area contributed by atoms with Gasteiger partial charge in [0.05, 0.1) is 57.9 Å². The molecule has 332 valence electrons. The van der Waals surface area contributed by atoms with Crippen molar-refractivity contribution in [3.05, 3.63) is 163 Å². The van der Waals surface area contributed by atoms with Crippen molar-refractivity contribution < 1.29 is 27.8 Å². The van der Waals surface area contributed by atoms with E-state index in [0.717, 1.165) is 36.3 Å². The summed E-state index contributed by atoms with van der Waals surface area (Å²) in [5, 5.41) is 23.0. The Morgan fingerprint density at radius 1 is 0.545 bits per heavy atom. The maximum Gasteiger partial charge on any atom is 0.214 e. The van der Waals surface area contributed by atoms with Crippen LogP contribution in [0.25, 0.3) is 44.3 Å². The molecule has 2 fully saturated rings. The first-order valence-corrected chi connectivity index (χ1v) is 21.7. The Balaban J connectivity index is 0.000000166. The van der Waals surface area contributed by atoms with Gasteiger partial charge in [-0.2, -0.15) is 0 Å². The number of ketones is 2. The lowest BCUT2D eigenvalue weighted by Gasteiger charge is -2.24. The van der Waals surface area contributed by atoms with Gasteiger partial charge in [-0.1, -0.05) is 70.7 Å². The lowest BCUT2D eigenvalue weighted by molar-refractivity contribution is 0.0277. The maximum atomic E-state index is 15.0. The van der Waals surface area contributed by atoms with Crippen LogP contribution in [0.15, 0.2) is 97.6 Å². The zero-order valence-corrected chi connectivity index (χ0v) is 37.1. The molecule has 0 aliphatic carbocycles. The molecule has 2 unspecified atom stereocenters. The highest BCUT2D eigenvalue weighted by Gasteiger charge is 2.24. The van der Waals surface area contributed by atoms with Crippen LogP contribution < -0.4 is 10.6 Å². The summed E-state index contributed by atoms with van der Waals surface area (Å²) < 4.78 is 41.6. The molecule has 8 aromatic rings. The van der Waals surface area contributed by atoms with Crippen molar-refractivity contribution in [2.24, 2.45) is 0 Å². The number of carbonyl (C=O) groups excluding carboxylic acids is 2. The van der Waals surface area contributed by atoms with Crippen LogP contribution in [0.2, 0.25) is 20.4 Å². The first-order chi connectivity index (χ1) is 32.0. The first kappa shape index (κ1) is 45.1. The van der Waals surface area contributed by atoms with E-state index in [4.69, 9.17) is 55.9 Å². The monoisotopic (exact) mass is 966 g/mol. The van der Waals surface area contributed by atoms with Gasteiger partial charge in [0.1, 0.15) is 35.7 Å². The minimum Gasteiger partial charge on any atom is -0.371 e. The van der Waals surface area contributed by atoms with Gasteiger partial charge in [-0.05, 0) is 71.8 Å². The zero-order valence-electron chi connectivity index (χ0n) is 34.1. The Bertz CT molecular complexity index is 2930. The number of hydrogen-bond donors (Lipinski definition) is 2. The van der Waals surface area contributed by atoms with Crippen LogP contribution in [0.3, 0.4) is 0 Å². The molecule has 20 heteroatoms. The molecule has 4 aromatic heterocycles. The van der Waals surface area contributed by atoms with E-state index in [1.807, 2.05) is 36.4 Å². The normalized spacial score (nSPS) is 16.2. The highest BCUT2D eigenvalue weighted by molar-refractivity contribution is 6.36. The fourth-order valence-corrected chi connectivity index (χ4v) is 8.17. The molecule has 2 aliphatic heterocycles. The molecule has 0 radical (unpaired) electrons. The predicted octanol–water partition coefficient (Wildman–Crippen LogP) is 8.85. The Labute approximate surface area is 394 Å². The molecular formula is C46H32Cl4F2N10O4. The summed E-state index contributed by atoms with van der Waals surface area (Å²) in [4.78, 5) is 43.2. The Morgan fingerprint density at radius 2 is 0.985 bits per heavy atom. The van der Waals surface area contributed by atoms with Crippen LogP contribution in [0.4, 0.5) is 8.78 Å². The van der Waals surface area contributed by atoms with Gasteiger partial charge in [0.25, 0.3) is 0 Å². The number of morpholine rings is 2. The van der Waals surface area contributed by atoms with Gasteiger partial charge in [-0.15, -0.1) is 20.4 Å². The number of nitrogens with zero attached hydrogens (tertiary/aromatic N) is 8. The highest BCUT2D eigenvalue weighted by atomic mass is 35.5. The largest absolute Gasteiger partial charge is 0.371 e. The molecule has 0 spiro atoms. The third kappa shape index (κ3) is 9.59. The molecule has 0 saturated carbocycles. The number of hydrogen-bond acceptors (Lipinski definition) is 14. The molecule has 66 heavy (non-hydrogen) atoms. The average Bonchev–Trinajstić information content (AvgIpc) is 3.34. The maximum absolute atomic E-state index is 15.0. The van der Waals surface area contributed by atoms with Crippen molar-refractivity contribution in [2.45, 2.75) is 12.2 Å². The molecular weight excluding hydrogens is 936 g/mol. The number of halogens is 6. The van der Waals surface area contributed by atoms with Crippen molar-refractivity contribution >= 4 is 79.8 Å². The molecule has 14 nitrogen and oxygen atoms in total. The van der Waals surface area contributed by atoms with E-state index in [1.165, 1.54) is 49.1 Å². The van der Waals surface area contributed by atoms with Crippen LogP contribution in [-0.2, 0) is 9.47 Å². The number of ether oxygens (including phenoxy) is 2. The molecule has 4 aromatic carbocycles. The molecule has 0 bridgehead atoms.